The molecule has 1 aliphatic heterocycles. The minimum Gasteiger partial charge on any atom is -0.342 e. The van der Waals surface area contributed by atoms with E-state index in [0.717, 1.165) is 31.8 Å². The van der Waals surface area contributed by atoms with Gasteiger partial charge in [0.15, 0.2) is 0 Å². The van der Waals surface area contributed by atoms with Gasteiger partial charge in [-0.3, -0.25) is 9.69 Å². The summed E-state index contributed by atoms with van der Waals surface area (Å²) in [7, 11) is 0. The number of rotatable bonds is 3. The number of hydrogen-bond acceptors (Lipinski definition) is 3. The quantitative estimate of drug-likeness (QED) is 0.778. The molecular formula is C14H25N3O. The summed E-state index contributed by atoms with van der Waals surface area (Å²) < 4.78 is 0. The summed E-state index contributed by atoms with van der Waals surface area (Å²) in [6, 6.07) is 1.92. The lowest BCUT2D eigenvalue weighted by molar-refractivity contribution is -0.122. The van der Waals surface area contributed by atoms with Gasteiger partial charge in [-0.25, -0.2) is 0 Å². The van der Waals surface area contributed by atoms with Gasteiger partial charge in [0.2, 0.25) is 5.91 Å². The number of amides is 1. The largest absolute Gasteiger partial charge is 0.342 e. The van der Waals surface area contributed by atoms with Gasteiger partial charge in [0.1, 0.15) is 6.54 Å². The number of nitrogens with one attached hydrogen (secondary N) is 1. The molecule has 1 N–H and O–H groups in total. The van der Waals surface area contributed by atoms with E-state index in [9.17, 15) is 4.79 Å². The van der Waals surface area contributed by atoms with Gasteiger partial charge in [-0.1, -0.05) is 20.8 Å². The van der Waals surface area contributed by atoms with Crippen LogP contribution in [-0.4, -0.2) is 37.0 Å². The Hall–Kier alpha value is -1.08. The molecule has 1 saturated heterocycles. The van der Waals surface area contributed by atoms with Gasteiger partial charge in [-0.2, -0.15) is 5.26 Å². The molecule has 0 unspecified atom stereocenters. The number of nitriles is 1. The first-order valence-electron chi connectivity index (χ1n) is 6.79. The maximum absolute atomic E-state index is 11.6. The van der Waals surface area contributed by atoms with E-state index >= 15 is 0 Å². The zero-order valence-corrected chi connectivity index (χ0v) is 11.8. The third-order valence-electron chi connectivity index (χ3n) is 3.78. The summed E-state index contributed by atoms with van der Waals surface area (Å²) in [5, 5.41) is 11.0. The van der Waals surface area contributed by atoms with E-state index in [1.165, 1.54) is 6.42 Å². The second-order valence-electron chi connectivity index (χ2n) is 6.20. The third-order valence-corrected chi connectivity index (χ3v) is 3.78. The Labute approximate surface area is 110 Å². The van der Waals surface area contributed by atoms with Crippen LogP contribution >= 0.6 is 0 Å². The smallest absolute Gasteiger partial charge is 0.235 e. The normalized spacial score (nSPS) is 22.0. The first-order chi connectivity index (χ1) is 8.43. The Morgan fingerprint density at radius 1 is 1.39 bits per heavy atom. The molecule has 1 heterocycles. The van der Waals surface area contributed by atoms with Gasteiger partial charge in [0.05, 0.1) is 12.6 Å². The lowest BCUT2D eigenvalue weighted by Gasteiger charge is -2.29. The molecule has 102 valence electrons. The fourth-order valence-corrected chi connectivity index (χ4v) is 2.58. The molecule has 1 fully saturated rings. The van der Waals surface area contributed by atoms with Crippen LogP contribution in [0.2, 0.25) is 0 Å². The number of carbonyl (C=O) groups excluding carboxylic acids is 1. The molecule has 1 rings (SSSR count). The minimum atomic E-state index is -0.0363. The molecule has 1 amide bonds. The minimum absolute atomic E-state index is 0.0363. The standard InChI is InChI=1S/C14H25N3O/c1-14(2,3)12-5-4-9-17(10-6-12)11-13(18)16-8-7-15/h12H,4-6,8-11H2,1-3H3,(H,16,18)/t12-/m0/s1. The maximum Gasteiger partial charge on any atom is 0.235 e. The van der Waals surface area contributed by atoms with Crippen molar-refractivity contribution in [2.75, 3.05) is 26.2 Å². The highest BCUT2D eigenvalue weighted by molar-refractivity contribution is 5.78. The van der Waals surface area contributed by atoms with Crippen molar-refractivity contribution in [3.63, 3.8) is 0 Å². The number of likely N-dealkylation sites (tertiary alicyclic amines) is 1. The van der Waals surface area contributed by atoms with Crippen LogP contribution in [0.5, 0.6) is 0 Å². The summed E-state index contributed by atoms with van der Waals surface area (Å²) >= 11 is 0. The molecular weight excluding hydrogens is 226 g/mol. The Balaban J connectivity index is 2.38. The maximum atomic E-state index is 11.6. The van der Waals surface area contributed by atoms with Crippen molar-refractivity contribution in [1.82, 2.24) is 10.2 Å². The van der Waals surface area contributed by atoms with Gasteiger partial charge in [-0.15, -0.1) is 0 Å². The third kappa shape index (κ3) is 5.05. The fraction of sp³-hybridized carbons (Fsp3) is 0.857. The van der Waals surface area contributed by atoms with Crippen LogP contribution in [0.3, 0.4) is 0 Å². The highest BCUT2D eigenvalue weighted by Crippen LogP contribution is 2.34. The first kappa shape index (κ1) is 15.0. The van der Waals surface area contributed by atoms with Crippen LogP contribution in [0.4, 0.5) is 0 Å². The molecule has 0 saturated carbocycles. The summed E-state index contributed by atoms with van der Waals surface area (Å²) in [5.74, 6) is 0.704. The predicted molar refractivity (Wildman–Crippen MR) is 71.9 cm³/mol. The monoisotopic (exact) mass is 251 g/mol. The van der Waals surface area contributed by atoms with Crippen molar-refractivity contribution in [1.29, 1.82) is 5.26 Å². The van der Waals surface area contributed by atoms with Crippen molar-refractivity contribution < 1.29 is 4.79 Å². The lowest BCUT2D eigenvalue weighted by Crippen LogP contribution is -2.38. The molecule has 0 aromatic carbocycles. The second-order valence-corrected chi connectivity index (χ2v) is 6.20. The zero-order valence-electron chi connectivity index (χ0n) is 11.8. The molecule has 4 nitrogen and oxygen atoms in total. The Bertz CT molecular complexity index is 314. The predicted octanol–water partition coefficient (Wildman–Crippen LogP) is 1.77. The molecule has 4 heteroatoms. The Morgan fingerprint density at radius 2 is 2.11 bits per heavy atom. The van der Waals surface area contributed by atoms with Crippen molar-refractivity contribution in [2.45, 2.75) is 40.0 Å². The molecule has 1 aliphatic rings. The average molecular weight is 251 g/mol. The van der Waals surface area contributed by atoms with E-state index in [-0.39, 0.29) is 12.5 Å². The van der Waals surface area contributed by atoms with E-state index in [1.54, 1.807) is 0 Å². The summed E-state index contributed by atoms with van der Waals surface area (Å²) in [5.41, 5.74) is 0.360. The average Bonchev–Trinajstić information content (AvgIpc) is 2.51. The number of hydrogen-bond donors (Lipinski definition) is 1. The van der Waals surface area contributed by atoms with Crippen LogP contribution in [0.15, 0.2) is 0 Å². The van der Waals surface area contributed by atoms with Crippen LogP contribution in [-0.2, 0) is 4.79 Å². The highest BCUT2D eigenvalue weighted by atomic mass is 16.2. The lowest BCUT2D eigenvalue weighted by atomic mass is 9.77. The summed E-state index contributed by atoms with van der Waals surface area (Å²) in [4.78, 5) is 13.8. The van der Waals surface area contributed by atoms with Crippen LogP contribution in [0.25, 0.3) is 0 Å². The van der Waals surface area contributed by atoms with Crippen molar-refractivity contribution in [3.05, 3.63) is 0 Å². The number of carbonyl (C=O) groups is 1. The molecule has 18 heavy (non-hydrogen) atoms. The SMILES string of the molecule is CC(C)(C)[C@H]1CCCN(CC(=O)NCC#N)CC1. The van der Waals surface area contributed by atoms with E-state index < -0.39 is 0 Å². The molecule has 0 aromatic rings. The summed E-state index contributed by atoms with van der Waals surface area (Å²) in [6.45, 7) is 9.41. The van der Waals surface area contributed by atoms with Gasteiger partial charge < -0.3 is 5.32 Å². The van der Waals surface area contributed by atoms with Crippen molar-refractivity contribution >= 4 is 5.91 Å². The molecule has 1 atom stereocenters. The van der Waals surface area contributed by atoms with E-state index in [4.69, 9.17) is 5.26 Å². The highest BCUT2D eigenvalue weighted by Gasteiger charge is 2.27. The van der Waals surface area contributed by atoms with E-state index in [2.05, 4.69) is 31.0 Å². The topological polar surface area (TPSA) is 56.1 Å². The summed E-state index contributed by atoms with van der Waals surface area (Å²) in [6.07, 6.45) is 3.57. The Kier molecular flexibility index (Phi) is 5.61. The molecule has 0 spiro atoms. The van der Waals surface area contributed by atoms with Crippen molar-refractivity contribution in [2.24, 2.45) is 11.3 Å². The van der Waals surface area contributed by atoms with Crippen LogP contribution in [0.1, 0.15) is 40.0 Å². The first-order valence-corrected chi connectivity index (χ1v) is 6.79. The molecule has 0 bridgehead atoms. The molecule has 0 aliphatic carbocycles. The fourth-order valence-electron chi connectivity index (χ4n) is 2.58. The zero-order chi connectivity index (χ0) is 13.6. The Morgan fingerprint density at radius 3 is 2.72 bits per heavy atom. The van der Waals surface area contributed by atoms with Gasteiger partial charge in [0, 0.05) is 0 Å². The van der Waals surface area contributed by atoms with Gasteiger partial charge >= 0.3 is 0 Å². The van der Waals surface area contributed by atoms with Gasteiger partial charge in [0.25, 0.3) is 0 Å². The molecule has 0 radical (unpaired) electrons. The van der Waals surface area contributed by atoms with Gasteiger partial charge in [-0.05, 0) is 43.7 Å². The van der Waals surface area contributed by atoms with E-state index in [1.807, 2.05) is 6.07 Å². The van der Waals surface area contributed by atoms with Crippen LogP contribution < -0.4 is 5.32 Å². The number of nitrogens with zero attached hydrogens (tertiary/aromatic N) is 2. The van der Waals surface area contributed by atoms with Crippen molar-refractivity contribution in [3.8, 4) is 6.07 Å². The van der Waals surface area contributed by atoms with Crippen LogP contribution in [0, 0.1) is 22.7 Å². The van der Waals surface area contributed by atoms with E-state index in [0.29, 0.717) is 12.0 Å². The molecule has 0 aromatic heterocycles. The second kappa shape index (κ2) is 6.75.